The van der Waals surface area contributed by atoms with Gasteiger partial charge in [0.1, 0.15) is 12.4 Å². The van der Waals surface area contributed by atoms with Gasteiger partial charge in [0.25, 0.3) is 5.91 Å². The highest BCUT2D eigenvalue weighted by atomic mass is 16.5. The molecule has 2 aromatic carbocycles. The number of pyridine rings is 1. The molecule has 1 amide bonds. The summed E-state index contributed by atoms with van der Waals surface area (Å²) >= 11 is 0. The van der Waals surface area contributed by atoms with Crippen LogP contribution >= 0.6 is 0 Å². The number of aromatic nitrogens is 3. The van der Waals surface area contributed by atoms with E-state index in [0.717, 1.165) is 42.0 Å². The van der Waals surface area contributed by atoms with E-state index < -0.39 is 0 Å². The van der Waals surface area contributed by atoms with Crippen LogP contribution in [0.4, 0.5) is 0 Å². The average molecular weight is 469 g/mol. The maximum atomic E-state index is 13.5. The second-order valence-electron chi connectivity index (χ2n) is 8.63. The van der Waals surface area contributed by atoms with Crippen LogP contribution in [0, 0.1) is 0 Å². The molecule has 5 rings (SSSR count). The second-order valence-corrected chi connectivity index (χ2v) is 8.63. The molecule has 1 aliphatic heterocycles. The summed E-state index contributed by atoms with van der Waals surface area (Å²) in [6.07, 6.45) is 11.0. The van der Waals surface area contributed by atoms with Gasteiger partial charge in [-0.25, -0.2) is 4.98 Å². The summed E-state index contributed by atoms with van der Waals surface area (Å²) in [5.74, 6) is 0.777. The van der Waals surface area contributed by atoms with E-state index in [0.29, 0.717) is 25.3 Å². The van der Waals surface area contributed by atoms with Crippen molar-refractivity contribution >= 4 is 5.91 Å². The van der Waals surface area contributed by atoms with E-state index in [2.05, 4.69) is 9.97 Å². The standard InChI is InChI=1S/C28H28N4O3/c33-28(24-7-9-25(10-8-24)31-15-14-30-21-31)32(19-27-4-2-16-34-27)18-22-5-11-26(12-6-22)35-20-23-3-1-13-29-17-23/h1,3,5-15,17,21,27H,2,4,16,18-20H2. The Morgan fingerprint density at radius 3 is 2.57 bits per heavy atom. The minimum Gasteiger partial charge on any atom is -0.489 e. The first-order chi connectivity index (χ1) is 17.2. The number of hydrogen-bond donors (Lipinski definition) is 0. The highest BCUT2D eigenvalue weighted by molar-refractivity contribution is 5.94. The highest BCUT2D eigenvalue weighted by Crippen LogP contribution is 2.20. The Morgan fingerprint density at radius 2 is 1.89 bits per heavy atom. The number of rotatable bonds is 9. The molecule has 1 atom stereocenters. The summed E-state index contributed by atoms with van der Waals surface area (Å²) in [4.78, 5) is 23.6. The first-order valence-electron chi connectivity index (χ1n) is 11.8. The maximum Gasteiger partial charge on any atom is 0.254 e. The van der Waals surface area contributed by atoms with E-state index in [1.54, 1.807) is 24.9 Å². The zero-order valence-electron chi connectivity index (χ0n) is 19.5. The van der Waals surface area contributed by atoms with Gasteiger partial charge >= 0.3 is 0 Å². The summed E-state index contributed by atoms with van der Waals surface area (Å²) in [7, 11) is 0. The van der Waals surface area contributed by atoms with E-state index in [4.69, 9.17) is 9.47 Å². The third kappa shape index (κ3) is 5.94. The largest absolute Gasteiger partial charge is 0.489 e. The van der Waals surface area contributed by atoms with Gasteiger partial charge in [-0.2, -0.15) is 0 Å². The molecule has 1 aliphatic rings. The van der Waals surface area contributed by atoms with Crippen LogP contribution in [0.5, 0.6) is 5.75 Å². The molecule has 7 heteroatoms. The molecule has 178 valence electrons. The Morgan fingerprint density at radius 1 is 1.03 bits per heavy atom. The van der Waals surface area contributed by atoms with Crippen molar-refractivity contribution in [2.45, 2.75) is 32.1 Å². The lowest BCUT2D eigenvalue weighted by Crippen LogP contribution is -2.37. The fraction of sp³-hybridized carbons (Fsp3) is 0.250. The number of amides is 1. The third-order valence-electron chi connectivity index (χ3n) is 6.08. The average Bonchev–Trinajstić information content (AvgIpc) is 3.63. The molecule has 1 unspecified atom stereocenters. The molecule has 1 saturated heterocycles. The Balaban J connectivity index is 1.27. The predicted molar refractivity (Wildman–Crippen MR) is 132 cm³/mol. The van der Waals surface area contributed by atoms with Crippen LogP contribution in [-0.2, 0) is 17.9 Å². The van der Waals surface area contributed by atoms with Crippen LogP contribution in [0.1, 0.15) is 34.3 Å². The van der Waals surface area contributed by atoms with E-state index in [9.17, 15) is 4.79 Å². The fourth-order valence-electron chi connectivity index (χ4n) is 4.19. The van der Waals surface area contributed by atoms with Crippen LogP contribution in [0.15, 0.2) is 91.8 Å². The van der Waals surface area contributed by atoms with Crippen LogP contribution in [0.25, 0.3) is 5.69 Å². The Kier molecular flexibility index (Phi) is 7.15. The Bertz CT molecular complexity index is 1200. The van der Waals surface area contributed by atoms with Crippen molar-refractivity contribution in [2.75, 3.05) is 13.2 Å². The first kappa shape index (κ1) is 22.8. The summed E-state index contributed by atoms with van der Waals surface area (Å²) in [5, 5.41) is 0. The summed E-state index contributed by atoms with van der Waals surface area (Å²) in [5.41, 5.74) is 3.68. The SMILES string of the molecule is O=C(c1ccc(-n2ccnc2)cc1)N(Cc1ccc(OCc2cccnc2)cc1)CC1CCCO1. The van der Waals surface area contributed by atoms with Gasteiger partial charge in [0.15, 0.2) is 0 Å². The fourth-order valence-corrected chi connectivity index (χ4v) is 4.19. The Hall–Kier alpha value is -3.97. The number of hydrogen-bond acceptors (Lipinski definition) is 5. The molecule has 2 aromatic heterocycles. The van der Waals surface area contributed by atoms with Crippen LogP contribution in [0.3, 0.4) is 0 Å². The molecule has 0 spiro atoms. The minimum atomic E-state index is -0.00501. The smallest absolute Gasteiger partial charge is 0.254 e. The maximum absolute atomic E-state index is 13.5. The lowest BCUT2D eigenvalue weighted by Gasteiger charge is -2.26. The van der Waals surface area contributed by atoms with Crippen molar-refractivity contribution in [3.05, 3.63) is 108 Å². The second kappa shape index (κ2) is 11.0. The monoisotopic (exact) mass is 468 g/mol. The van der Waals surface area contributed by atoms with Gasteiger partial charge in [0.05, 0.1) is 12.4 Å². The first-order valence-corrected chi connectivity index (χ1v) is 11.8. The zero-order chi connectivity index (χ0) is 23.9. The quantitative estimate of drug-likeness (QED) is 0.357. The lowest BCUT2D eigenvalue weighted by atomic mass is 10.1. The van der Waals surface area contributed by atoms with Crippen LogP contribution in [0.2, 0.25) is 0 Å². The number of carbonyl (C=O) groups excluding carboxylic acids is 1. The van der Waals surface area contributed by atoms with Gasteiger partial charge in [-0.1, -0.05) is 18.2 Å². The number of benzene rings is 2. The molecule has 4 aromatic rings. The van der Waals surface area contributed by atoms with Crippen molar-refractivity contribution in [2.24, 2.45) is 0 Å². The normalized spacial score (nSPS) is 15.1. The van der Waals surface area contributed by atoms with Crippen molar-refractivity contribution in [1.82, 2.24) is 19.4 Å². The van der Waals surface area contributed by atoms with Gasteiger partial charge in [0.2, 0.25) is 0 Å². The highest BCUT2D eigenvalue weighted by Gasteiger charge is 2.24. The molecule has 7 nitrogen and oxygen atoms in total. The molecule has 0 N–H and O–H groups in total. The van der Waals surface area contributed by atoms with Crippen molar-refractivity contribution < 1.29 is 14.3 Å². The van der Waals surface area contributed by atoms with E-state index in [-0.39, 0.29) is 12.0 Å². The molecular weight excluding hydrogens is 440 g/mol. The molecule has 35 heavy (non-hydrogen) atoms. The zero-order valence-corrected chi connectivity index (χ0v) is 19.5. The van der Waals surface area contributed by atoms with Crippen molar-refractivity contribution in [3.63, 3.8) is 0 Å². The van der Waals surface area contributed by atoms with Gasteiger partial charge in [-0.3, -0.25) is 9.78 Å². The number of carbonyl (C=O) groups is 1. The minimum absolute atomic E-state index is 0.00501. The van der Waals surface area contributed by atoms with E-state index in [1.165, 1.54) is 0 Å². The molecule has 0 saturated carbocycles. The van der Waals surface area contributed by atoms with Gasteiger partial charge in [-0.05, 0) is 60.9 Å². The molecule has 0 bridgehead atoms. The lowest BCUT2D eigenvalue weighted by molar-refractivity contribution is 0.0507. The van der Waals surface area contributed by atoms with Crippen molar-refractivity contribution in [3.8, 4) is 11.4 Å². The summed E-state index contributed by atoms with van der Waals surface area (Å²) < 4.78 is 13.6. The molecule has 0 radical (unpaired) electrons. The topological polar surface area (TPSA) is 69.5 Å². The summed E-state index contributed by atoms with van der Waals surface area (Å²) in [6.45, 7) is 2.30. The van der Waals surface area contributed by atoms with E-state index in [1.807, 2.05) is 76.3 Å². The number of ether oxygens (including phenoxy) is 2. The third-order valence-corrected chi connectivity index (χ3v) is 6.08. The number of nitrogens with zero attached hydrogens (tertiary/aromatic N) is 4. The molecule has 3 heterocycles. The van der Waals surface area contributed by atoms with Gasteiger partial charge < -0.3 is 18.9 Å². The van der Waals surface area contributed by atoms with Crippen LogP contribution in [-0.4, -0.2) is 44.6 Å². The Labute approximate surface area is 205 Å². The van der Waals surface area contributed by atoms with Gasteiger partial charge in [0, 0.05) is 61.3 Å². The van der Waals surface area contributed by atoms with Crippen molar-refractivity contribution in [1.29, 1.82) is 0 Å². The predicted octanol–water partition coefficient (Wildman–Crippen LogP) is 4.67. The summed E-state index contributed by atoms with van der Waals surface area (Å²) in [6, 6.07) is 19.4. The van der Waals surface area contributed by atoms with Gasteiger partial charge in [-0.15, -0.1) is 0 Å². The molecule has 1 fully saturated rings. The number of imidazole rings is 1. The molecule has 0 aliphatic carbocycles. The van der Waals surface area contributed by atoms with E-state index >= 15 is 0 Å². The molecular formula is C28H28N4O3. The van der Waals surface area contributed by atoms with Crippen LogP contribution < -0.4 is 4.74 Å².